The highest BCUT2D eigenvalue weighted by atomic mass is 19.1. The molecular weight excluding hydrogens is 293 g/mol. The van der Waals surface area contributed by atoms with Gasteiger partial charge in [0.15, 0.2) is 0 Å². The van der Waals surface area contributed by atoms with E-state index in [2.05, 4.69) is 10.3 Å². The molecule has 1 N–H and O–H groups in total. The summed E-state index contributed by atoms with van der Waals surface area (Å²) in [5, 5.41) is 2.88. The van der Waals surface area contributed by atoms with Crippen molar-refractivity contribution in [2.45, 2.75) is 20.8 Å². The Balaban J connectivity index is 2.24. The van der Waals surface area contributed by atoms with Gasteiger partial charge in [-0.05, 0) is 30.7 Å². The first-order valence-corrected chi connectivity index (χ1v) is 7.52. The molecule has 0 aliphatic carbocycles. The van der Waals surface area contributed by atoms with Crippen LogP contribution in [-0.4, -0.2) is 15.3 Å². The number of carbonyl (C=O) groups excluding carboxylic acids is 1. The highest BCUT2D eigenvalue weighted by Crippen LogP contribution is 2.31. The van der Waals surface area contributed by atoms with E-state index in [1.54, 1.807) is 22.6 Å². The average Bonchev–Trinajstić information content (AvgIpc) is 2.85. The van der Waals surface area contributed by atoms with E-state index < -0.39 is 0 Å². The van der Waals surface area contributed by atoms with Crippen LogP contribution < -0.4 is 5.32 Å². The Kier molecular flexibility index (Phi) is 3.86. The molecule has 2 aromatic heterocycles. The lowest BCUT2D eigenvalue weighted by Crippen LogP contribution is -2.19. The average molecular weight is 311 g/mol. The fourth-order valence-electron chi connectivity index (χ4n) is 2.37. The molecular formula is C18H18FN3O. The lowest BCUT2D eigenvalue weighted by molar-refractivity contribution is -0.118. The van der Waals surface area contributed by atoms with Crippen LogP contribution in [0.2, 0.25) is 0 Å². The number of hydrogen-bond donors (Lipinski definition) is 1. The summed E-state index contributed by atoms with van der Waals surface area (Å²) in [6, 6.07) is 10.2. The van der Waals surface area contributed by atoms with Crippen molar-refractivity contribution in [3.05, 3.63) is 54.0 Å². The summed E-state index contributed by atoms with van der Waals surface area (Å²) in [5.74, 6) is -0.190. The normalized spacial score (nSPS) is 11.2. The molecule has 0 saturated carbocycles. The molecule has 0 fully saturated rings. The number of hydrogen-bond acceptors (Lipinski definition) is 2. The standard InChI is InChI=1S/C18H18FN3O/c1-11(2)18(23)21-17-16(13-6-4-5-7-14(13)19)20-15-9-8-12(3)10-22(15)17/h4-11H,1-3H3,(H,21,23). The number of aryl methyl sites for hydroxylation is 1. The molecule has 0 spiro atoms. The lowest BCUT2D eigenvalue weighted by Gasteiger charge is -2.10. The third-order valence-electron chi connectivity index (χ3n) is 3.66. The molecule has 0 saturated heterocycles. The zero-order valence-corrected chi connectivity index (χ0v) is 13.3. The van der Waals surface area contributed by atoms with Gasteiger partial charge in [-0.2, -0.15) is 0 Å². The van der Waals surface area contributed by atoms with E-state index in [4.69, 9.17) is 0 Å². The van der Waals surface area contributed by atoms with Crippen molar-refractivity contribution in [2.24, 2.45) is 5.92 Å². The van der Waals surface area contributed by atoms with Crippen LogP contribution in [0.4, 0.5) is 10.2 Å². The largest absolute Gasteiger partial charge is 0.310 e. The fourth-order valence-corrected chi connectivity index (χ4v) is 2.37. The molecule has 4 nitrogen and oxygen atoms in total. The van der Waals surface area contributed by atoms with E-state index >= 15 is 0 Å². The van der Waals surface area contributed by atoms with Crippen LogP contribution in [-0.2, 0) is 4.79 Å². The van der Waals surface area contributed by atoms with Crippen molar-refractivity contribution in [1.29, 1.82) is 0 Å². The van der Waals surface area contributed by atoms with Crippen molar-refractivity contribution in [3.8, 4) is 11.3 Å². The molecule has 0 unspecified atom stereocenters. The molecule has 2 heterocycles. The molecule has 3 aromatic rings. The van der Waals surface area contributed by atoms with E-state index in [-0.39, 0.29) is 17.6 Å². The van der Waals surface area contributed by atoms with E-state index in [9.17, 15) is 9.18 Å². The van der Waals surface area contributed by atoms with Crippen molar-refractivity contribution in [3.63, 3.8) is 0 Å². The predicted octanol–water partition coefficient (Wildman–Crippen LogP) is 4.04. The Bertz CT molecular complexity index is 883. The van der Waals surface area contributed by atoms with Crippen LogP contribution in [0.25, 0.3) is 16.9 Å². The molecule has 0 aliphatic heterocycles. The smallest absolute Gasteiger partial charge is 0.228 e. The first-order chi connectivity index (χ1) is 11.0. The number of halogens is 1. The second-order valence-electron chi connectivity index (χ2n) is 5.87. The van der Waals surface area contributed by atoms with Gasteiger partial charge in [-0.3, -0.25) is 9.20 Å². The first-order valence-electron chi connectivity index (χ1n) is 7.52. The van der Waals surface area contributed by atoms with E-state index in [1.807, 2.05) is 39.1 Å². The summed E-state index contributed by atoms with van der Waals surface area (Å²) < 4.78 is 16.0. The van der Waals surface area contributed by atoms with E-state index in [0.29, 0.717) is 22.7 Å². The van der Waals surface area contributed by atoms with Gasteiger partial charge in [-0.1, -0.05) is 32.0 Å². The minimum atomic E-state index is -0.368. The number of benzene rings is 1. The Labute approximate surface area is 134 Å². The molecule has 0 radical (unpaired) electrons. The Morgan fingerprint density at radius 3 is 2.65 bits per heavy atom. The molecule has 5 heteroatoms. The number of imidazole rings is 1. The summed E-state index contributed by atoms with van der Waals surface area (Å²) in [4.78, 5) is 16.7. The number of carbonyl (C=O) groups is 1. The Morgan fingerprint density at radius 1 is 1.22 bits per heavy atom. The maximum Gasteiger partial charge on any atom is 0.228 e. The van der Waals surface area contributed by atoms with Crippen LogP contribution in [0.1, 0.15) is 19.4 Å². The van der Waals surface area contributed by atoms with Crippen LogP contribution in [0.3, 0.4) is 0 Å². The van der Waals surface area contributed by atoms with Crippen LogP contribution in [0.5, 0.6) is 0 Å². The van der Waals surface area contributed by atoms with Crippen molar-refractivity contribution >= 4 is 17.4 Å². The van der Waals surface area contributed by atoms with E-state index in [0.717, 1.165) is 5.56 Å². The number of anilines is 1. The van der Waals surface area contributed by atoms with Gasteiger partial charge in [-0.25, -0.2) is 9.37 Å². The van der Waals surface area contributed by atoms with Crippen molar-refractivity contribution in [2.75, 3.05) is 5.32 Å². The highest BCUT2D eigenvalue weighted by molar-refractivity contribution is 5.95. The monoisotopic (exact) mass is 311 g/mol. The molecule has 1 amide bonds. The maximum absolute atomic E-state index is 14.2. The number of nitrogens with one attached hydrogen (secondary N) is 1. The van der Waals surface area contributed by atoms with Gasteiger partial charge in [0.05, 0.1) is 0 Å². The molecule has 0 aliphatic rings. The second-order valence-corrected chi connectivity index (χ2v) is 5.87. The summed E-state index contributed by atoms with van der Waals surface area (Å²) >= 11 is 0. The predicted molar refractivity (Wildman–Crippen MR) is 88.8 cm³/mol. The topological polar surface area (TPSA) is 46.4 Å². The van der Waals surface area contributed by atoms with Crippen molar-refractivity contribution < 1.29 is 9.18 Å². The first kappa shape index (κ1) is 15.2. The number of fused-ring (bicyclic) bond motifs is 1. The highest BCUT2D eigenvalue weighted by Gasteiger charge is 2.19. The zero-order chi connectivity index (χ0) is 16.6. The Hall–Kier alpha value is -2.69. The number of aromatic nitrogens is 2. The SMILES string of the molecule is Cc1ccc2nc(-c3ccccc3F)c(NC(=O)C(C)C)n2c1. The third kappa shape index (κ3) is 2.82. The molecule has 1 aromatic carbocycles. The quantitative estimate of drug-likeness (QED) is 0.793. The summed E-state index contributed by atoms with van der Waals surface area (Å²) in [6.45, 7) is 5.58. The number of nitrogens with zero attached hydrogens (tertiary/aromatic N) is 2. The molecule has 0 atom stereocenters. The molecule has 23 heavy (non-hydrogen) atoms. The van der Waals surface area contributed by atoms with Crippen LogP contribution in [0.15, 0.2) is 42.6 Å². The minimum absolute atomic E-state index is 0.133. The van der Waals surface area contributed by atoms with Crippen LogP contribution in [0, 0.1) is 18.7 Å². The summed E-state index contributed by atoms with van der Waals surface area (Å²) in [6.07, 6.45) is 1.88. The second kappa shape index (κ2) is 5.83. The van der Waals surface area contributed by atoms with Gasteiger partial charge in [0.2, 0.25) is 5.91 Å². The molecule has 118 valence electrons. The maximum atomic E-state index is 14.2. The van der Waals surface area contributed by atoms with Gasteiger partial charge < -0.3 is 5.32 Å². The van der Waals surface area contributed by atoms with Gasteiger partial charge in [0.1, 0.15) is 23.0 Å². The van der Waals surface area contributed by atoms with Crippen molar-refractivity contribution in [1.82, 2.24) is 9.38 Å². The number of amides is 1. The minimum Gasteiger partial charge on any atom is -0.310 e. The lowest BCUT2D eigenvalue weighted by atomic mass is 10.1. The molecule has 3 rings (SSSR count). The fraction of sp³-hybridized carbons (Fsp3) is 0.222. The number of pyridine rings is 1. The third-order valence-corrected chi connectivity index (χ3v) is 3.66. The van der Waals surface area contributed by atoms with Gasteiger partial charge in [0, 0.05) is 17.7 Å². The van der Waals surface area contributed by atoms with Crippen LogP contribution >= 0.6 is 0 Å². The summed E-state index contributed by atoms with van der Waals surface area (Å²) in [7, 11) is 0. The molecule has 0 bridgehead atoms. The summed E-state index contributed by atoms with van der Waals surface area (Å²) in [5.41, 5.74) is 2.48. The van der Waals surface area contributed by atoms with Gasteiger partial charge >= 0.3 is 0 Å². The number of rotatable bonds is 3. The zero-order valence-electron chi connectivity index (χ0n) is 13.3. The van der Waals surface area contributed by atoms with Gasteiger partial charge in [0.25, 0.3) is 0 Å². The van der Waals surface area contributed by atoms with E-state index in [1.165, 1.54) is 6.07 Å². The Morgan fingerprint density at radius 2 is 1.96 bits per heavy atom. The van der Waals surface area contributed by atoms with Gasteiger partial charge in [-0.15, -0.1) is 0 Å².